The van der Waals surface area contributed by atoms with Crippen molar-refractivity contribution in [3.8, 4) is 0 Å². The molecule has 1 aromatic rings. The fourth-order valence-electron chi connectivity index (χ4n) is 1.89. The lowest BCUT2D eigenvalue weighted by atomic mass is 10.1. The van der Waals surface area contributed by atoms with Gasteiger partial charge in [-0.3, -0.25) is 4.79 Å². The fraction of sp³-hybridized carbons (Fsp3) is 0.400. The molecule has 1 fully saturated rings. The van der Waals surface area contributed by atoms with Gasteiger partial charge in [0.25, 0.3) is 0 Å². The van der Waals surface area contributed by atoms with Crippen LogP contribution in [0.2, 0.25) is 10.2 Å². The summed E-state index contributed by atoms with van der Waals surface area (Å²) in [5.41, 5.74) is 8.80. The number of carbonyl (C=O) groups excluding carboxylic acids is 1. The maximum Gasteiger partial charge on any atom is 0.227 e. The first kappa shape index (κ1) is 13.0. The summed E-state index contributed by atoms with van der Waals surface area (Å²) in [5, 5.41) is 4.15. The number of nitrogens with zero attached hydrogens (tertiary/aromatic N) is 5. The van der Waals surface area contributed by atoms with Crippen LogP contribution in [0.3, 0.4) is 0 Å². The molecular formula is C10H9Cl2N5O. The van der Waals surface area contributed by atoms with E-state index in [0.717, 1.165) is 0 Å². The highest BCUT2D eigenvalue weighted by molar-refractivity contribution is 6.36. The standard InChI is InChI=1S/C10H9Cl2N5O/c11-7-2-9(12)14-4-8(7)17-5-6(1-10(17)18)3-15-16-13/h2,4,6H,1,3,5H2. The lowest BCUT2D eigenvalue weighted by Gasteiger charge is -2.17. The van der Waals surface area contributed by atoms with Gasteiger partial charge in [0, 0.05) is 24.4 Å². The average Bonchev–Trinajstić information content (AvgIpc) is 2.68. The van der Waals surface area contributed by atoms with E-state index in [-0.39, 0.29) is 17.0 Å². The molecule has 1 unspecified atom stereocenters. The predicted molar refractivity (Wildman–Crippen MR) is 68.7 cm³/mol. The zero-order chi connectivity index (χ0) is 13.1. The molecule has 0 spiro atoms. The van der Waals surface area contributed by atoms with Crippen molar-refractivity contribution in [2.24, 2.45) is 11.0 Å². The van der Waals surface area contributed by atoms with E-state index in [2.05, 4.69) is 15.0 Å². The van der Waals surface area contributed by atoms with Crippen molar-refractivity contribution in [1.82, 2.24) is 4.98 Å². The van der Waals surface area contributed by atoms with Gasteiger partial charge in [0.15, 0.2) is 0 Å². The largest absolute Gasteiger partial charge is 0.309 e. The minimum absolute atomic E-state index is 0.0140. The number of pyridine rings is 1. The zero-order valence-corrected chi connectivity index (χ0v) is 10.8. The summed E-state index contributed by atoms with van der Waals surface area (Å²) in [5.74, 6) is -0.0423. The van der Waals surface area contributed by atoms with Crippen molar-refractivity contribution in [2.45, 2.75) is 6.42 Å². The zero-order valence-electron chi connectivity index (χ0n) is 9.25. The third-order valence-corrected chi connectivity index (χ3v) is 3.21. The average molecular weight is 286 g/mol. The van der Waals surface area contributed by atoms with Crippen molar-refractivity contribution in [3.63, 3.8) is 0 Å². The Morgan fingerprint density at radius 3 is 3.06 bits per heavy atom. The van der Waals surface area contributed by atoms with E-state index < -0.39 is 0 Å². The van der Waals surface area contributed by atoms with Gasteiger partial charge < -0.3 is 4.90 Å². The summed E-state index contributed by atoms with van der Waals surface area (Å²) < 4.78 is 0. The van der Waals surface area contributed by atoms with Crippen LogP contribution in [0.15, 0.2) is 17.4 Å². The van der Waals surface area contributed by atoms with Crippen LogP contribution in [0.25, 0.3) is 10.4 Å². The van der Waals surface area contributed by atoms with Gasteiger partial charge in [0.1, 0.15) is 5.15 Å². The van der Waals surface area contributed by atoms with Gasteiger partial charge in [-0.1, -0.05) is 28.3 Å². The molecule has 0 radical (unpaired) electrons. The molecule has 1 saturated heterocycles. The molecule has 1 amide bonds. The lowest BCUT2D eigenvalue weighted by Crippen LogP contribution is -2.25. The van der Waals surface area contributed by atoms with E-state index >= 15 is 0 Å². The normalized spacial score (nSPS) is 18.9. The first-order valence-corrected chi connectivity index (χ1v) is 5.99. The molecule has 8 heteroatoms. The Labute approximate surface area is 113 Å². The van der Waals surface area contributed by atoms with Crippen LogP contribution < -0.4 is 4.90 Å². The van der Waals surface area contributed by atoms with Gasteiger partial charge in [-0.2, -0.15) is 0 Å². The maximum atomic E-state index is 11.9. The van der Waals surface area contributed by atoms with Crippen LogP contribution in [-0.4, -0.2) is 24.0 Å². The van der Waals surface area contributed by atoms with Gasteiger partial charge in [-0.05, 0) is 17.5 Å². The van der Waals surface area contributed by atoms with E-state index in [1.54, 1.807) is 4.90 Å². The third kappa shape index (κ3) is 2.67. The molecular weight excluding hydrogens is 277 g/mol. The molecule has 2 rings (SSSR count). The Hall–Kier alpha value is -1.49. The maximum absolute atomic E-state index is 11.9. The second kappa shape index (κ2) is 5.44. The second-order valence-corrected chi connectivity index (χ2v) is 4.74. The minimum Gasteiger partial charge on any atom is -0.309 e. The molecule has 1 aromatic heterocycles. The first-order chi connectivity index (χ1) is 8.61. The van der Waals surface area contributed by atoms with E-state index in [9.17, 15) is 4.79 Å². The molecule has 1 atom stereocenters. The number of azide groups is 1. The highest BCUT2D eigenvalue weighted by atomic mass is 35.5. The fourth-order valence-corrected chi connectivity index (χ4v) is 2.36. The highest BCUT2D eigenvalue weighted by Gasteiger charge is 2.31. The Morgan fingerprint density at radius 1 is 1.61 bits per heavy atom. The molecule has 18 heavy (non-hydrogen) atoms. The van der Waals surface area contributed by atoms with Crippen molar-refractivity contribution >= 4 is 34.8 Å². The Kier molecular flexibility index (Phi) is 3.91. The molecule has 94 valence electrons. The van der Waals surface area contributed by atoms with Gasteiger partial charge >= 0.3 is 0 Å². The van der Waals surface area contributed by atoms with E-state index in [0.29, 0.717) is 30.2 Å². The number of carbonyl (C=O) groups is 1. The smallest absolute Gasteiger partial charge is 0.227 e. The molecule has 0 aromatic carbocycles. The topological polar surface area (TPSA) is 82.0 Å². The Balaban J connectivity index is 2.18. The van der Waals surface area contributed by atoms with E-state index in [1.165, 1.54) is 12.3 Å². The van der Waals surface area contributed by atoms with Crippen LogP contribution in [0.1, 0.15) is 6.42 Å². The number of aromatic nitrogens is 1. The molecule has 0 saturated carbocycles. The highest BCUT2D eigenvalue weighted by Crippen LogP contribution is 2.31. The van der Waals surface area contributed by atoms with Gasteiger partial charge in [-0.15, -0.1) is 0 Å². The number of rotatable bonds is 3. The molecule has 1 aliphatic rings. The summed E-state index contributed by atoms with van der Waals surface area (Å²) in [6, 6.07) is 1.49. The van der Waals surface area contributed by atoms with Crippen molar-refractivity contribution in [2.75, 3.05) is 18.0 Å². The van der Waals surface area contributed by atoms with Crippen molar-refractivity contribution in [1.29, 1.82) is 0 Å². The van der Waals surface area contributed by atoms with Gasteiger partial charge in [0.05, 0.1) is 16.9 Å². The summed E-state index contributed by atoms with van der Waals surface area (Å²) in [6.45, 7) is 0.776. The second-order valence-electron chi connectivity index (χ2n) is 3.95. The summed E-state index contributed by atoms with van der Waals surface area (Å²) in [6.07, 6.45) is 1.82. The molecule has 0 aliphatic carbocycles. The lowest BCUT2D eigenvalue weighted by molar-refractivity contribution is -0.117. The summed E-state index contributed by atoms with van der Waals surface area (Å²) >= 11 is 11.7. The van der Waals surface area contributed by atoms with Crippen LogP contribution in [-0.2, 0) is 4.79 Å². The van der Waals surface area contributed by atoms with Crippen molar-refractivity contribution in [3.05, 3.63) is 32.9 Å². The number of hydrogen-bond donors (Lipinski definition) is 0. The van der Waals surface area contributed by atoms with E-state index in [1.807, 2.05) is 0 Å². The minimum atomic E-state index is -0.0563. The van der Waals surface area contributed by atoms with E-state index in [4.69, 9.17) is 28.7 Å². The molecule has 2 heterocycles. The molecule has 1 aliphatic heterocycles. The Bertz CT molecular complexity index is 529. The summed E-state index contributed by atoms with van der Waals surface area (Å²) in [7, 11) is 0. The van der Waals surface area contributed by atoms with Crippen LogP contribution in [0.5, 0.6) is 0 Å². The Morgan fingerprint density at radius 2 is 2.39 bits per heavy atom. The van der Waals surface area contributed by atoms with Crippen molar-refractivity contribution < 1.29 is 4.79 Å². The monoisotopic (exact) mass is 285 g/mol. The van der Waals surface area contributed by atoms with Gasteiger partial charge in [0.2, 0.25) is 5.91 Å². The SMILES string of the molecule is [N-]=[N+]=NCC1CC(=O)N(c2cnc(Cl)cc2Cl)C1. The number of amides is 1. The predicted octanol–water partition coefficient (Wildman–Crippen LogP) is 3.05. The van der Waals surface area contributed by atoms with Crippen LogP contribution in [0, 0.1) is 5.92 Å². The number of halogens is 2. The number of anilines is 1. The third-order valence-electron chi connectivity index (χ3n) is 2.70. The van der Waals surface area contributed by atoms with Crippen LogP contribution >= 0.6 is 23.2 Å². The first-order valence-electron chi connectivity index (χ1n) is 5.24. The van der Waals surface area contributed by atoms with Gasteiger partial charge in [-0.25, -0.2) is 4.98 Å². The van der Waals surface area contributed by atoms with Crippen LogP contribution in [0.4, 0.5) is 5.69 Å². The quantitative estimate of drug-likeness (QED) is 0.370. The summed E-state index contributed by atoms with van der Waals surface area (Å²) in [4.78, 5) is 20.0. The molecule has 0 bridgehead atoms. The molecule has 0 N–H and O–H groups in total. The molecule has 6 nitrogen and oxygen atoms in total. The number of hydrogen-bond acceptors (Lipinski definition) is 3.